The SMILES string of the molecule is CCCCCCCOc1ccc(C(=O)Oc2ccc(CC(NC(=O)c3ccc(NC(=O)C(CC)c4ccccc4)cc3)C(=O)O)cc2)cc1. The molecule has 0 aromatic heterocycles. The third-order valence-corrected chi connectivity index (χ3v) is 8.13. The number of carbonyl (C=O) groups excluding carboxylic acids is 3. The highest BCUT2D eigenvalue weighted by Crippen LogP contribution is 2.22. The molecular weight excluding hydrogens is 620 g/mol. The van der Waals surface area contributed by atoms with Crippen molar-refractivity contribution in [1.29, 1.82) is 0 Å². The first kappa shape index (κ1) is 36.4. The molecule has 0 fully saturated rings. The van der Waals surface area contributed by atoms with Crippen LogP contribution >= 0.6 is 0 Å². The van der Waals surface area contributed by atoms with Crippen LogP contribution in [0.4, 0.5) is 5.69 Å². The van der Waals surface area contributed by atoms with Gasteiger partial charge in [-0.05, 0) is 84.6 Å². The highest BCUT2D eigenvalue weighted by molar-refractivity contribution is 5.99. The van der Waals surface area contributed by atoms with Gasteiger partial charge >= 0.3 is 11.9 Å². The molecule has 2 atom stereocenters. The lowest BCUT2D eigenvalue weighted by molar-refractivity contribution is -0.139. The molecule has 0 aliphatic rings. The number of rotatable bonds is 18. The normalized spacial score (nSPS) is 12.0. The van der Waals surface area contributed by atoms with Crippen LogP contribution in [-0.4, -0.2) is 41.5 Å². The molecule has 256 valence electrons. The predicted octanol–water partition coefficient (Wildman–Crippen LogP) is 7.81. The van der Waals surface area contributed by atoms with Crippen LogP contribution in [0, 0.1) is 0 Å². The van der Waals surface area contributed by atoms with Gasteiger partial charge in [-0.2, -0.15) is 0 Å². The molecule has 0 saturated heterocycles. The molecule has 2 amide bonds. The van der Waals surface area contributed by atoms with E-state index in [1.54, 1.807) is 60.7 Å². The van der Waals surface area contributed by atoms with E-state index in [1.807, 2.05) is 37.3 Å². The fourth-order valence-electron chi connectivity index (χ4n) is 5.31. The van der Waals surface area contributed by atoms with Gasteiger partial charge in [-0.3, -0.25) is 9.59 Å². The summed E-state index contributed by atoms with van der Waals surface area (Å²) in [6.45, 7) is 4.76. The van der Waals surface area contributed by atoms with Crippen molar-refractivity contribution < 1.29 is 33.8 Å². The van der Waals surface area contributed by atoms with Crippen LogP contribution in [0.25, 0.3) is 0 Å². The predicted molar refractivity (Wildman–Crippen MR) is 189 cm³/mol. The Hall–Kier alpha value is -5.44. The van der Waals surface area contributed by atoms with Gasteiger partial charge in [0, 0.05) is 17.7 Å². The summed E-state index contributed by atoms with van der Waals surface area (Å²) in [5.74, 6) is -1.74. The van der Waals surface area contributed by atoms with Gasteiger partial charge in [0.1, 0.15) is 17.5 Å². The highest BCUT2D eigenvalue weighted by atomic mass is 16.5. The van der Waals surface area contributed by atoms with E-state index >= 15 is 0 Å². The monoisotopic (exact) mass is 664 g/mol. The summed E-state index contributed by atoms with van der Waals surface area (Å²) in [4.78, 5) is 50.5. The van der Waals surface area contributed by atoms with Crippen molar-refractivity contribution in [3.8, 4) is 11.5 Å². The largest absolute Gasteiger partial charge is 0.494 e. The molecule has 0 spiro atoms. The standard InChI is InChI=1S/C40H44N2O7/c1-3-5-6-7-11-26-48-33-24-18-31(19-25-33)40(47)49-34-22-14-28(15-23-34)27-36(39(45)46)42-37(43)30-16-20-32(21-17-30)41-38(44)35(4-2)29-12-9-8-10-13-29/h8-10,12-25,35-36H,3-7,11,26-27H2,1-2H3,(H,41,44)(H,42,43)(H,45,46). The van der Waals surface area contributed by atoms with Gasteiger partial charge in [-0.25, -0.2) is 9.59 Å². The molecule has 4 aromatic rings. The lowest BCUT2D eigenvalue weighted by Gasteiger charge is -2.16. The number of aliphatic carboxylic acids is 1. The zero-order valence-corrected chi connectivity index (χ0v) is 28.0. The van der Waals surface area contributed by atoms with Crippen molar-refractivity contribution in [2.45, 2.75) is 70.8 Å². The molecule has 9 nitrogen and oxygen atoms in total. The molecule has 9 heteroatoms. The summed E-state index contributed by atoms with van der Waals surface area (Å²) in [6, 6.07) is 27.9. The third-order valence-electron chi connectivity index (χ3n) is 8.13. The number of nitrogens with one attached hydrogen (secondary N) is 2. The van der Waals surface area contributed by atoms with E-state index in [0.29, 0.717) is 41.3 Å². The van der Waals surface area contributed by atoms with Crippen LogP contribution in [0.5, 0.6) is 11.5 Å². The van der Waals surface area contributed by atoms with E-state index in [2.05, 4.69) is 17.6 Å². The van der Waals surface area contributed by atoms with Crippen molar-refractivity contribution in [3.63, 3.8) is 0 Å². The molecule has 4 aromatic carbocycles. The number of carbonyl (C=O) groups is 4. The number of hydrogen-bond acceptors (Lipinski definition) is 6. The second kappa shape index (κ2) is 18.8. The molecular formula is C40H44N2O7. The second-order valence-electron chi connectivity index (χ2n) is 11.8. The minimum Gasteiger partial charge on any atom is -0.494 e. The zero-order chi connectivity index (χ0) is 35.0. The van der Waals surface area contributed by atoms with Crippen molar-refractivity contribution in [2.24, 2.45) is 0 Å². The van der Waals surface area contributed by atoms with Crippen LogP contribution in [-0.2, 0) is 16.0 Å². The Morgan fingerprint density at radius 2 is 1.35 bits per heavy atom. The number of carboxylic acid groups (broad SMARTS) is 1. The Kier molecular flexibility index (Phi) is 14.0. The van der Waals surface area contributed by atoms with Crippen molar-refractivity contribution in [1.82, 2.24) is 5.32 Å². The minimum atomic E-state index is -1.20. The average molecular weight is 665 g/mol. The number of anilines is 1. The molecule has 3 N–H and O–H groups in total. The quantitative estimate of drug-likeness (QED) is 0.0562. The number of ether oxygens (including phenoxy) is 2. The maximum absolute atomic E-state index is 12.9. The molecule has 0 heterocycles. The topological polar surface area (TPSA) is 131 Å². The van der Waals surface area contributed by atoms with Gasteiger partial charge in [0.05, 0.1) is 18.1 Å². The maximum atomic E-state index is 12.9. The Bertz CT molecular complexity index is 1650. The van der Waals surface area contributed by atoms with E-state index in [-0.39, 0.29) is 23.8 Å². The third kappa shape index (κ3) is 11.3. The molecule has 0 aliphatic heterocycles. The average Bonchev–Trinajstić information content (AvgIpc) is 3.11. The smallest absolute Gasteiger partial charge is 0.343 e. The van der Waals surface area contributed by atoms with Crippen molar-refractivity contribution in [3.05, 3.63) is 125 Å². The van der Waals surface area contributed by atoms with Crippen LogP contribution < -0.4 is 20.1 Å². The van der Waals surface area contributed by atoms with Gasteiger partial charge in [0.15, 0.2) is 0 Å². The molecule has 49 heavy (non-hydrogen) atoms. The maximum Gasteiger partial charge on any atom is 0.343 e. The van der Waals surface area contributed by atoms with Crippen LogP contribution in [0.2, 0.25) is 0 Å². The Labute approximate surface area is 287 Å². The van der Waals surface area contributed by atoms with E-state index in [1.165, 1.54) is 31.4 Å². The number of hydrogen-bond donors (Lipinski definition) is 3. The second-order valence-corrected chi connectivity index (χ2v) is 11.8. The van der Waals surface area contributed by atoms with Crippen LogP contribution in [0.1, 0.15) is 90.1 Å². The van der Waals surface area contributed by atoms with Gasteiger partial charge < -0.3 is 25.2 Å². The number of esters is 1. The van der Waals surface area contributed by atoms with Crippen LogP contribution in [0.3, 0.4) is 0 Å². The fraction of sp³-hybridized carbons (Fsp3) is 0.300. The molecule has 0 radical (unpaired) electrons. The summed E-state index contributed by atoms with van der Waals surface area (Å²) >= 11 is 0. The fourth-order valence-corrected chi connectivity index (χ4v) is 5.31. The Morgan fingerprint density at radius 3 is 1.98 bits per heavy atom. The van der Waals surface area contributed by atoms with Gasteiger partial charge in [-0.15, -0.1) is 0 Å². The van der Waals surface area contributed by atoms with E-state index in [4.69, 9.17) is 9.47 Å². The molecule has 2 unspecified atom stereocenters. The lowest BCUT2D eigenvalue weighted by Crippen LogP contribution is -2.42. The molecule has 0 aliphatic carbocycles. The first-order valence-electron chi connectivity index (χ1n) is 16.8. The number of unbranched alkanes of at least 4 members (excludes halogenated alkanes) is 4. The van der Waals surface area contributed by atoms with Crippen molar-refractivity contribution in [2.75, 3.05) is 11.9 Å². The number of benzene rings is 4. The molecule has 4 rings (SSSR count). The van der Waals surface area contributed by atoms with Gasteiger partial charge in [0.2, 0.25) is 5.91 Å². The number of carboxylic acids is 1. The first-order valence-corrected chi connectivity index (χ1v) is 16.8. The summed E-state index contributed by atoms with van der Waals surface area (Å²) in [5.41, 5.74) is 2.71. The molecule has 0 saturated carbocycles. The summed E-state index contributed by atoms with van der Waals surface area (Å²) in [7, 11) is 0. The lowest BCUT2D eigenvalue weighted by atomic mass is 9.95. The Morgan fingerprint density at radius 1 is 0.714 bits per heavy atom. The van der Waals surface area contributed by atoms with E-state index in [0.717, 1.165) is 18.4 Å². The summed E-state index contributed by atoms with van der Waals surface area (Å²) in [6.07, 6.45) is 6.41. The zero-order valence-electron chi connectivity index (χ0n) is 28.0. The number of amides is 2. The van der Waals surface area contributed by atoms with Crippen LogP contribution in [0.15, 0.2) is 103 Å². The molecule has 0 bridgehead atoms. The highest BCUT2D eigenvalue weighted by Gasteiger charge is 2.22. The Balaban J connectivity index is 1.26. The minimum absolute atomic E-state index is 0.0153. The first-order chi connectivity index (χ1) is 23.8. The van der Waals surface area contributed by atoms with E-state index in [9.17, 15) is 24.3 Å². The van der Waals surface area contributed by atoms with Crippen molar-refractivity contribution >= 4 is 29.4 Å². The summed E-state index contributed by atoms with van der Waals surface area (Å²) < 4.78 is 11.2. The van der Waals surface area contributed by atoms with Gasteiger partial charge in [-0.1, -0.05) is 82.0 Å². The van der Waals surface area contributed by atoms with Gasteiger partial charge in [0.25, 0.3) is 5.91 Å². The summed E-state index contributed by atoms with van der Waals surface area (Å²) in [5, 5.41) is 15.3. The van der Waals surface area contributed by atoms with E-state index < -0.39 is 23.9 Å².